The Morgan fingerprint density at radius 2 is 1.18 bits per heavy atom. The van der Waals surface area contributed by atoms with Crippen molar-refractivity contribution in [2.75, 3.05) is 26.2 Å². The number of nitrogens with zero attached hydrogens (tertiary/aromatic N) is 1. The molecular formula is C29H39ClF2N4O4. The first-order chi connectivity index (χ1) is 18.5. The SMILES string of the molecule is CC(C)(C)OC(=O)N1CCC(NC(=O)c2ccc(F)cc2)CC1.Cl.O=C(NC1CCNCC1)c1ccc(F)cc1. The molecule has 2 aromatic rings. The third-order valence-electron chi connectivity index (χ3n) is 6.37. The van der Waals surface area contributed by atoms with E-state index >= 15 is 0 Å². The largest absolute Gasteiger partial charge is 0.444 e. The molecule has 3 amide bonds. The zero-order chi connectivity index (χ0) is 28.4. The minimum absolute atomic E-state index is 0. The van der Waals surface area contributed by atoms with Crippen LogP contribution < -0.4 is 16.0 Å². The summed E-state index contributed by atoms with van der Waals surface area (Å²) in [7, 11) is 0. The molecule has 2 saturated heterocycles. The number of hydrogen-bond acceptors (Lipinski definition) is 5. The van der Waals surface area contributed by atoms with Crippen LogP contribution in [0.1, 0.15) is 67.2 Å². The number of halogens is 3. The fourth-order valence-corrected chi connectivity index (χ4v) is 4.24. The number of carbonyl (C=O) groups excluding carboxylic acids is 3. The molecule has 0 atom stereocenters. The van der Waals surface area contributed by atoms with Gasteiger partial charge in [0, 0.05) is 36.3 Å². The van der Waals surface area contributed by atoms with Crippen LogP contribution in [0.2, 0.25) is 0 Å². The van der Waals surface area contributed by atoms with Crippen LogP contribution in [0.15, 0.2) is 48.5 Å². The van der Waals surface area contributed by atoms with Gasteiger partial charge in [-0.05, 0) is 108 Å². The molecule has 0 unspecified atom stereocenters. The van der Waals surface area contributed by atoms with E-state index in [0.717, 1.165) is 25.9 Å². The number of amides is 3. The van der Waals surface area contributed by atoms with Crippen molar-refractivity contribution in [1.29, 1.82) is 0 Å². The van der Waals surface area contributed by atoms with Gasteiger partial charge in [0.1, 0.15) is 17.2 Å². The number of piperidine rings is 2. The number of likely N-dealkylation sites (tertiary alicyclic amines) is 1. The molecule has 2 aliphatic heterocycles. The molecule has 220 valence electrons. The topological polar surface area (TPSA) is 99.8 Å². The second kappa shape index (κ2) is 15.5. The average Bonchev–Trinajstić information content (AvgIpc) is 2.90. The smallest absolute Gasteiger partial charge is 0.410 e. The first-order valence-corrected chi connectivity index (χ1v) is 13.3. The van der Waals surface area contributed by atoms with E-state index in [9.17, 15) is 23.2 Å². The van der Waals surface area contributed by atoms with Gasteiger partial charge in [0.2, 0.25) is 0 Å². The third kappa shape index (κ3) is 11.1. The van der Waals surface area contributed by atoms with E-state index in [-0.39, 0.29) is 54.0 Å². The minimum Gasteiger partial charge on any atom is -0.444 e. The normalized spacial score (nSPS) is 16.1. The molecular weight excluding hydrogens is 542 g/mol. The van der Waals surface area contributed by atoms with Crippen LogP contribution in [0.3, 0.4) is 0 Å². The quantitative estimate of drug-likeness (QED) is 0.487. The van der Waals surface area contributed by atoms with Gasteiger partial charge in [0.15, 0.2) is 0 Å². The molecule has 11 heteroatoms. The second-order valence-electron chi connectivity index (χ2n) is 10.7. The highest BCUT2D eigenvalue weighted by molar-refractivity contribution is 5.94. The lowest BCUT2D eigenvalue weighted by Gasteiger charge is -2.33. The molecule has 8 nitrogen and oxygen atoms in total. The molecule has 0 spiro atoms. The molecule has 2 aliphatic rings. The number of ether oxygens (including phenoxy) is 1. The maximum absolute atomic E-state index is 12.9. The summed E-state index contributed by atoms with van der Waals surface area (Å²) in [6, 6.07) is 11.3. The molecule has 2 heterocycles. The van der Waals surface area contributed by atoms with Crippen LogP contribution in [0, 0.1) is 11.6 Å². The van der Waals surface area contributed by atoms with Crippen molar-refractivity contribution in [1.82, 2.24) is 20.9 Å². The van der Waals surface area contributed by atoms with Gasteiger partial charge >= 0.3 is 6.09 Å². The van der Waals surface area contributed by atoms with Crippen molar-refractivity contribution in [3.8, 4) is 0 Å². The number of rotatable bonds is 4. The minimum atomic E-state index is -0.509. The fourth-order valence-electron chi connectivity index (χ4n) is 4.24. The molecule has 4 rings (SSSR count). The number of benzene rings is 2. The van der Waals surface area contributed by atoms with Crippen molar-refractivity contribution in [3.05, 3.63) is 71.3 Å². The first-order valence-electron chi connectivity index (χ1n) is 13.3. The lowest BCUT2D eigenvalue weighted by Crippen LogP contribution is -2.47. The van der Waals surface area contributed by atoms with Crippen LogP contribution in [-0.2, 0) is 4.74 Å². The Hall–Kier alpha value is -3.24. The predicted octanol–water partition coefficient (Wildman–Crippen LogP) is 4.68. The zero-order valence-electron chi connectivity index (χ0n) is 23.2. The summed E-state index contributed by atoms with van der Waals surface area (Å²) in [6.45, 7) is 8.47. The Morgan fingerprint density at radius 1 is 0.775 bits per heavy atom. The number of carbonyl (C=O) groups is 3. The average molecular weight is 581 g/mol. The van der Waals surface area contributed by atoms with Crippen LogP contribution in [-0.4, -0.2) is 66.7 Å². The van der Waals surface area contributed by atoms with E-state index in [2.05, 4.69) is 16.0 Å². The summed E-state index contributed by atoms with van der Waals surface area (Å²) in [5.41, 5.74) is 0.436. The van der Waals surface area contributed by atoms with Gasteiger partial charge in [-0.25, -0.2) is 13.6 Å². The Bertz CT molecular complexity index is 1100. The van der Waals surface area contributed by atoms with Gasteiger partial charge in [0.05, 0.1) is 0 Å². The van der Waals surface area contributed by atoms with Crippen molar-refractivity contribution in [2.24, 2.45) is 0 Å². The van der Waals surface area contributed by atoms with E-state index in [1.165, 1.54) is 48.5 Å². The molecule has 2 aromatic carbocycles. The number of nitrogens with one attached hydrogen (secondary N) is 3. The molecule has 0 saturated carbocycles. The summed E-state index contributed by atoms with van der Waals surface area (Å²) in [6.07, 6.45) is 2.93. The summed E-state index contributed by atoms with van der Waals surface area (Å²) in [5.74, 6) is -1.03. The van der Waals surface area contributed by atoms with E-state index in [4.69, 9.17) is 4.74 Å². The van der Waals surface area contributed by atoms with Gasteiger partial charge in [-0.1, -0.05) is 0 Å². The van der Waals surface area contributed by atoms with E-state index in [0.29, 0.717) is 37.1 Å². The Morgan fingerprint density at radius 3 is 1.57 bits per heavy atom. The molecule has 0 aromatic heterocycles. The van der Waals surface area contributed by atoms with Crippen LogP contribution in [0.5, 0.6) is 0 Å². The molecule has 40 heavy (non-hydrogen) atoms. The highest BCUT2D eigenvalue weighted by Gasteiger charge is 2.27. The summed E-state index contributed by atoms with van der Waals surface area (Å²) >= 11 is 0. The van der Waals surface area contributed by atoms with Gasteiger partial charge in [0.25, 0.3) is 11.8 Å². The number of hydrogen-bond donors (Lipinski definition) is 3. The highest BCUT2D eigenvalue weighted by atomic mass is 35.5. The Balaban J connectivity index is 0.000000290. The van der Waals surface area contributed by atoms with E-state index < -0.39 is 5.60 Å². The lowest BCUT2D eigenvalue weighted by atomic mass is 10.0. The standard InChI is InChI=1S/C17H23FN2O3.C12H15FN2O.ClH/c1-17(2,3)23-16(22)20-10-8-14(9-11-20)19-15(21)12-4-6-13(18)7-5-12;13-10-3-1-9(2-4-10)12(16)15-11-5-7-14-8-6-11;/h4-7,14H,8-11H2,1-3H3,(H,19,21);1-4,11,14H,5-8H2,(H,15,16);1H. The summed E-state index contributed by atoms with van der Waals surface area (Å²) < 4.78 is 30.9. The summed E-state index contributed by atoms with van der Waals surface area (Å²) in [5, 5.41) is 9.11. The van der Waals surface area contributed by atoms with E-state index in [1.807, 2.05) is 20.8 Å². The van der Waals surface area contributed by atoms with Gasteiger partial charge in [-0.3, -0.25) is 9.59 Å². The van der Waals surface area contributed by atoms with Gasteiger partial charge < -0.3 is 25.6 Å². The van der Waals surface area contributed by atoms with Gasteiger partial charge in [-0.15, -0.1) is 12.4 Å². The summed E-state index contributed by atoms with van der Waals surface area (Å²) in [4.78, 5) is 37.5. The molecule has 3 N–H and O–H groups in total. The van der Waals surface area contributed by atoms with Crippen molar-refractivity contribution in [2.45, 2.75) is 64.1 Å². The Labute approximate surface area is 240 Å². The molecule has 0 radical (unpaired) electrons. The first kappa shape index (κ1) is 33.0. The third-order valence-corrected chi connectivity index (χ3v) is 6.37. The zero-order valence-corrected chi connectivity index (χ0v) is 24.0. The predicted molar refractivity (Wildman–Crippen MR) is 152 cm³/mol. The maximum Gasteiger partial charge on any atom is 0.410 e. The Kier molecular flexibility index (Phi) is 12.8. The van der Waals surface area contributed by atoms with Crippen LogP contribution in [0.25, 0.3) is 0 Å². The fraction of sp³-hybridized carbons (Fsp3) is 0.483. The van der Waals surface area contributed by atoms with Crippen molar-refractivity contribution in [3.63, 3.8) is 0 Å². The molecule has 2 fully saturated rings. The van der Waals surface area contributed by atoms with E-state index in [1.54, 1.807) is 4.90 Å². The molecule has 0 bridgehead atoms. The van der Waals surface area contributed by atoms with Crippen LogP contribution in [0.4, 0.5) is 13.6 Å². The van der Waals surface area contributed by atoms with Crippen molar-refractivity contribution < 1.29 is 27.9 Å². The maximum atomic E-state index is 12.9. The monoisotopic (exact) mass is 580 g/mol. The van der Waals surface area contributed by atoms with Crippen molar-refractivity contribution >= 4 is 30.3 Å². The van der Waals surface area contributed by atoms with Crippen LogP contribution >= 0.6 is 12.4 Å². The second-order valence-corrected chi connectivity index (χ2v) is 10.7. The lowest BCUT2D eigenvalue weighted by molar-refractivity contribution is 0.0199. The van der Waals surface area contributed by atoms with Gasteiger partial charge in [-0.2, -0.15) is 0 Å². The molecule has 0 aliphatic carbocycles. The highest BCUT2D eigenvalue weighted by Crippen LogP contribution is 2.16.